The Balaban J connectivity index is 1.90. The number of benzene rings is 1. The van der Waals surface area contributed by atoms with Gasteiger partial charge in [-0.05, 0) is 47.0 Å². The molecule has 3 rings (SSSR count). The highest BCUT2D eigenvalue weighted by atomic mass is 79.9. The number of halogens is 3. The standard InChI is InChI=1S/C14H12BrCl2NO/c15-9-4-5-11(14(17)13(9)16)18-10-2-1-3-12-8(10)6-7-19-12/h4-7,10,18H,1-3H2. The Kier molecular flexibility index (Phi) is 3.79. The van der Waals surface area contributed by atoms with Gasteiger partial charge in [0.25, 0.3) is 0 Å². The quantitative estimate of drug-likeness (QED) is 0.680. The molecular formula is C14H12BrCl2NO. The van der Waals surface area contributed by atoms with Crippen molar-refractivity contribution in [1.82, 2.24) is 0 Å². The second kappa shape index (κ2) is 5.39. The van der Waals surface area contributed by atoms with E-state index in [1.807, 2.05) is 18.2 Å². The molecule has 0 spiro atoms. The zero-order valence-electron chi connectivity index (χ0n) is 10.1. The van der Waals surface area contributed by atoms with Crippen molar-refractivity contribution in [2.24, 2.45) is 0 Å². The lowest BCUT2D eigenvalue weighted by Crippen LogP contribution is -2.16. The Bertz CT molecular complexity index is 611. The van der Waals surface area contributed by atoms with Gasteiger partial charge in [-0.15, -0.1) is 0 Å². The minimum Gasteiger partial charge on any atom is -0.469 e. The molecule has 1 aromatic heterocycles. The fraction of sp³-hybridized carbons (Fsp3) is 0.286. The first kappa shape index (κ1) is 13.3. The molecule has 0 bridgehead atoms. The van der Waals surface area contributed by atoms with E-state index in [-0.39, 0.29) is 6.04 Å². The molecule has 1 aliphatic rings. The van der Waals surface area contributed by atoms with Crippen molar-refractivity contribution in [1.29, 1.82) is 0 Å². The van der Waals surface area contributed by atoms with Crippen molar-refractivity contribution in [2.45, 2.75) is 25.3 Å². The summed E-state index contributed by atoms with van der Waals surface area (Å²) < 4.78 is 6.29. The van der Waals surface area contributed by atoms with Gasteiger partial charge in [0.2, 0.25) is 0 Å². The predicted molar refractivity (Wildman–Crippen MR) is 82.2 cm³/mol. The molecule has 1 atom stereocenters. The Morgan fingerprint density at radius 1 is 1.21 bits per heavy atom. The van der Waals surface area contributed by atoms with Gasteiger partial charge in [-0.3, -0.25) is 0 Å². The van der Waals surface area contributed by atoms with Crippen molar-refractivity contribution in [3.63, 3.8) is 0 Å². The van der Waals surface area contributed by atoms with Crippen molar-refractivity contribution >= 4 is 44.8 Å². The summed E-state index contributed by atoms with van der Waals surface area (Å²) in [6.45, 7) is 0. The van der Waals surface area contributed by atoms with Gasteiger partial charge in [0, 0.05) is 16.5 Å². The Labute approximate surface area is 130 Å². The molecule has 1 N–H and O–H groups in total. The van der Waals surface area contributed by atoms with Crippen molar-refractivity contribution in [2.75, 3.05) is 5.32 Å². The zero-order chi connectivity index (χ0) is 13.4. The smallest absolute Gasteiger partial charge is 0.109 e. The van der Waals surface area contributed by atoms with Gasteiger partial charge in [-0.1, -0.05) is 23.2 Å². The summed E-state index contributed by atoms with van der Waals surface area (Å²) in [5.74, 6) is 1.07. The van der Waals surface area contributed by atoms with Crippen LogP contribution in [0.5, 0.6) is 0 Å². The Morgan fingerprint density at radius 3 is 2.89 bits per heavy atom. The largest absolute Gasteiger partial charge is 0.469 e. The van der Waals surface area contributed by atoms with Crippen LogP contribution in [0.4, 0.5) is 5.69 Å². The number of hydrogen-bond donors (Lipinski definition) is 1. The molecule has 19 heavy (non-hydrogen) atoms. The van der Waals surface area contributed by atoms with Crippen molar-refractivity contribution in [3.8, 4) is 0 Å². The first-order valence-electron chi connectivity index (χ1n) is 6.13. The molecule has 1 aliphatic carbocycles. The van der Waals surface area contributed by atoms with E-state index in [4.69, 9.17) is 27.6 Å². The second-order valence-corrected chi connectivity index (χ2v) is 6.22. The summed E-state index contributed by atoms with van der Waals surface area (Å²) in [7, 11) is 0. The molecule has 0 fully saturated rings. The van der Waals surface area contributed by atoms with Crippen LogP contribution in [0.1, 0.15) is 30.2 Å². The third-order valence-electron chi connectivity index (χ3n) is 3.42. The number of fused-ring (bicyclic) bond motifs is 1. The number of rotatable bonds is 2. The van der Waals surface area contributed by atoms with Crippen LogP contribution in [0.25, 0.3) is 0 Å². The van der Waals surface area contributed by atoms with Crippen LogP contribution in [-0.4, -0.2) is 0 Å². The number of nitrogens with one attached hydrogen (secondary N) is 1. The SMILES string of the molecule is Clc1c(Br)ccc(NC2CCCc3occc32)c1Cl. The van der Waals surface area contributed by atoms with Gasteiger partial charge < -0.3 is 9.73 Å². The lowest BCUT2D eigenvalue weighted by molar-refractivity contribution is 0.461. The first-order chi connectivity index (χ1) is 9.16. The van der Waals surface area contributed by atoms with Crippen LogP contribution in [0.3, 0.4) is 0 Å². The van der Waals surface area contributed by atoms with Gasteiger partial charge in [0.05, 0.1) is 28.0 Å². The average molecular weight is 361 g/mol. The van der Waals surface area contributed by atoms with E-state index < -0.39 is 0 Å². The van der Waals surface area contributed by atoms with Crippen LogP contribution in [-0.2, 0) is 6.42 Å². The second-order valence-electron chi connectivity index (χ2n) is 4.61. The molecule has 2 nitrogen and oxygen atoms in total. The van der Waals surface area contributed by atoms with Gasteiger partial charge in [-0.25, -0.2) is 0 Å². The molecule has 0 amide bonds. The Morgan fingerprint density at radius 2 is 2.05 bits per heavy atom. The van der Waals surface area contributed by atoms with Gasteiger partial charge in [0.1, 0.15) is 5.76 Å². The topological polar surface area (TPSA) is 25.2 Å². The molecule has 1 unspecified atom stereocenters. The van der Waals surface area contributed by atoms with E-state index in [0.717, 1.165) is 35.2 Å². The molecule has 0 aliphatic heterocycles. The number of furan rings is 1. The zero-order valence-corrected chi connectivity index (χ0v) is 13.1. The summed E-state index contributed by atoms with van der Waals surface area (Å²) in [4.78, 5) is 0. The minimum atomic E-state index is 0.234. The van der Waals surface area contributed by atoms with Crippen LogP contribution in [0, 0.1) is 0 Å². The highest BCUT2D eigenvalue weighted by Crippen LogP contribution is 2.39. The maximum absolute atomic E-state index is 6.27. The predicted octanol–water partition coefficient (Wildman–Crippen LogP) is 5.84. The summed E-state index contributed by atoms with van der Waals surface area (Å²) in [6, 6.07) is 6.10. The average Bonchev–Trinajstić information content (AvgIpc) is 2.89. The highest BCUT2D eigenvalue weighted by molar-refractivity contribution is 9.10. The highest BCUT2D eigenvalue weighted by Gasteiger charge is 2.23. The monoisotopic (exact) mass is 359 g/mol. The van der Waals surface area contributed by atoms with Gasteiger partial charge in [-0.2, -0.15) is 0 Å². The maximum atomic E-state index is 6.27. The number of aryl methyl sites for hydroxylation is 1. The fourth-order valence-electron chi connectivity index (χ4n) is 2.46. The summed E-state index contributed by atoms with van der Waals surface area (Å²) >= 11 is 15.8. The lowest BCUT2D eigenvalue weighted by atomic mass is 9.93. The molecule has 0 saturated carbocycles. The molecule has 2 aromatic rings. The molecule has 1 aromatic carbocycles. The van der Waals surface area contributed by atoms with Crippen LogP contribution in [0.15, 0.2) is 33.4 Å². The Hall–Kier alpha value is -0.640. The first-order valence-corrected chi connectivity index (χ1v) is 7.68. The maximum Gasteiger partial charge on any atom is 0.109 e. The third kappa shape index (κ3) is 2.51. The normalized spacial score (nSPS) is 18.2. The summed E-state index contributed by atoms with van der Waals surface area (Å²) in [6.07, 6.45) is 4.94. The molecule has 5 heteroatoms. The van der Waals surface area contributed by atoms with Crippen molar-refractivity contribution in [3.05, 3.63) is 50.3 Å². The summed E-state index contributed by atoms with van der Waals surface area (Å²) in [5, 5.41) is 4.55. The van der Waals surface area contributed by atoms with Gasteiger partial charge >= 0.3 is 0 Å². The number of anilines is 1. The molecular weight excluding hydrogens is 349 g/mol. The molecule has 0 saturated heterocycles. The fourth-order valence-corrected chi connectivity index (χ4v) is 3.29. The van der Waals surface area contributed by atoms with E-state index in [0.29, 0.717) is 10.0 Å². The molecule has 100 valence electrons. The van der Waals surface area contributed by atoms with Crippen LogP contribution < -0.4 is 5.32 Å². The van der Waals surface area contributed by atoms with Crippen molar-refractivity contribution < 1.29 is 4.42 Å². The van der Waals surface area contributed by atoms with Crippen LogP contribution >= 0.6 is 39.1 Å². The van der Waals surface area contributed by atoms with E-state index in [2.05, 4.69) is 21.2 Å². The molecule has 0 radical (unpaired) electrons. The van der Waals surface area contributed by atoms with Gasteiger partial charge in [0.15, 0.2) is 0 Å². The minimum absolute atomic E-state index is 0.234. The third-order valence-corrected chi connectivity index (χ3v) is 5.19. The number of hydrogen-bond acceptors (Lipinski definition) is 2. The molecule has 1 heterocycles. The van der Waals surface area contributed by atoms with Crippen LogP contribution in [0.2, 0.25) is 10.0 Å². The van der Waals surface area contributed by atoms with E-state index in [1.165, 1.54) is 5.56 Å². The summed E-state index contributed by atoms with van der Waals surface area (Å²) in [5.41, 5.74) is 2.08. The lowest BCUT2D eigenvalue weighted by Gasteiger charge is -2.24. The van der Waals surface area contributed by atoms with E-state index >= 15 is 0 Å². The van der Waals surface area contributed by atoms with E-state index in [9.17, 15) is 0 Å². The van der Waals surface area contributed by atoms with E-state index in [1.54, 1.807) is 6.26 Å².